The van der Waals surface area contributed by atoms with E-state index in [1.54, 1.807) is 4.90 Å². The zero-order valence-corrected chi connectivity index (χ0v) is 26.5. The second-order valence-electron chi connectivity index (χ2n) is 10.1. The summed E-state index contributed by atoms with van der Waals surface area (Å²) in [4.78, 5) is 26.3. The first-order chi connectivity index (χ1) is 20.1. The molecule has 1 aromatic heterocycles. The molecule has 0 radical (unpaired) electrons. The number of benzene rings is 2. The average molecular weight is 651 g/mol. The number of aliphatic imine (C=N–C) groups is 1. The number of halogens is 2. The molecule has 13 heteroatoms. The summed E-state index contributed by atoms with van der Waals surface area (Å²) in [5.41, 5.74) is 1.84. The Balaban J connectivity index is 1.49. The van der Waals surface area contributed by atoms with Crippen LogP contribution in [0.3, 0.4) is 0 Å². The van der Waals surface area contributed by atoms with E-state index in [9.17, 15) is 13.2 Å². The highest BCUT2D eigenvalue weighted by Gasteiger charge is 2.45. The van der Waals surface area contributed by atoms with Gasteiger partial charge in [0.1, 0.15) is 16.7 Å². The minimum absolute atomic E-state index is 0.144. The predicted molar refractivity (Wildman–Crippen MR) is 169 cm³/mol. The van der Waals surface area contributed by atoms with Crippen molar-refractivity contribution in [3.63, 3.8) is 0 Å². The number of sulfonamides is 1. The van der Waals surface area contributed by atoms with E-state index in [1.807, 2.05) is 71.8 Å². The Labute approximate surface area is 260 Å². The minimum Gasteiger partial charge on any atom is -0.492 e. The number of rotatable bonds is 9. The van der Waals surface area contributed by atoms with Gasteiger partial charge in [-0.3, -0.25) is 14.8 Å². The highest BCUT2D eigenvalue weighted by atomic mass is 35.5. The Kier molecular flexibility index (Phi) is 9.76. The molecular formula is C29H33Cl2N5O4S2. The van der Waals surface area contributed by atoms with Gasteiger partial charge in [0.2, 0.25) is 10.0 Å². The zero-order valence-electron chi connectivity index (χ0n) is 23.4. The predicted octanol–water partition coefficient (Wildman–Crippen LogP) is 5.29. The summed E-state index contributed by atoms with van der Waals surface area (Å²) < 4.78 is 31.4. The van der Waals surface area contributed by atoms with Gasteiger partial charge in [0, 0.05) is 49.3 Å². The lowest BCUT2D eigenvalue weighted by molar-refractivity contribution is 0.120. The van der Waals surface area contributed by atoms with E-state index < -0.39 is 16.1 Å². The number of hydrogen-bond acceptors (Lipinski definition) is 7. The number of urea groups is 1. The molecule has 2 aromatic carbocycles. The molecular weight excluding hydrogens is 617 g/mol. The van der Waals surface area contributed by atoms with Crippen LogP contribution in [0.5, 0.6) is 5.75 Å². The van der Waals surface area contributed by atoms with Gasteiger partial charge >= 0.3 is 6.03 Å². The lowest BCUT2D eigenvalue weighted by atomic mass is 9.94. The van der Waals surface area contributed by atoms with E-state index in [0.717, 1.165) is 22.3 Å². The summed E-state index contributed by atoms with van der Waals surface area (Å²) in [5, 5.41) is 3.18. The molecule has 0 unspecified atom stereocenters. The molecule has 5 rings (SSSR count). The van der Waals surface area contributed by atoms with Gasteiger partial charge < -0.3 is 9.64 Å². The van der Waals surface area contributed by atoms with Crippen molar-refractivity contribution in [2.24, 2.45) is 4.99 Å². The fourth-order valence-corrected chi connectivity index (χ4v) is 6.80. The molecule has 0 aliphatic carbocycles. The molecule has 3 heterocycles. The molecule has 1 N–H and O–H groups in total. The number of nitrogens with one attached hydrogen (secondary N) is 1. The van der Waals surface area contributed by atoms with Crippen molar-refractivity contribution in [2.45, 2.75) is 19.0 Å². The molecule has 1 saturated heterocycles. The SMILES string of the molecule is CCOc1ccsc1C1=N[C@@H](c2ccc(Cl)cc2)[C@@H](c2ccc(Cl)cc2)N1C(=O)N1CCN(CCNS(C)(=O)=O)CC1. The Morgan fingerprint density at radius 2 is 1.62 bits per heavy atom. The number of thiophene rings is 1. The van der Waals surface area contributed by atoms with Crippen LogP contribution in [0, 0.1) is 0 Å². The van der Waals surface area contributed by atoms with Gasteiger partial charge in [-0.2, -0.15) is 0 Å². The van der Waals surface area contributed by atoms with Crippen LogP contribution in [-0.2, 0) is 10.0 Å². The molecule has 2 aliphatic heterocycles. The van der Waals surface area contributed by atoms with Crippen molar-refractivity contribution in [3.8, 4) is 5.75 Å². The second kappa shape index (κ2) is 13.3. The molecule has 0 saturated carbocycles. The van der Waals surface area contributed by atoms with Crippen LogP contribution in [0.15, 0.2) is 65.0 Å². The molecule has 2 atom stereocenters. The summed E-state index contributed by atoms with van der Waals surface area (Å²) >= 11 is 14.0. The maximum atomic E-state index is 14.5. The zero-order chi connectivity index (χ0) is 29.9. The van der Waals surface area contributed by atoms with E-state index in [-0.39, 0.29) is 12.1 Å². The lowest BCUT2D eigenvalue weighted by Crippen LogP contribution is -2.54. The topological polar surface area (TPSA) is 94.6 Å². The van der Waals surface area contributed by atoms with Crippen molar-refractivity contribution < 1.29 is 17.9 Å². The highest BCUT2D eigenvalue weighted by molar-refractivity contribution is 7.88. The first kappa shape index (κ1) is 30.8. The van der Waals surface area contributed by atoms with Gasteiger partial charge in [0.05, 0.1) is 18.9 Å². The third-order valence-electron chi connectivity index (χ3n) is 7.26. The summed E-state index contributed by atoms with van der Waals surface area (Å²) in [6.45, 7) is 5.59. The van der Waals surface area contributed by atoms with Gasteiger partial charge in [-0.1, -0.05) is 47.5 Å². The van der Waals surface area contributed by atoms with Crippen molar-refractivity contribution in [1.29, 1.82) is 0 Å². The van der Waals surface area contributed by atoms with Crippen molar-refractivity contribution in [3.05, 3.63) is 86.0 Å². The maximum absolute atomic E-state index is 14.5. The van der Waals surface area contributed by atoms with Gasteiger partial charge in [-0.15, -0.1) is 11.3 Å². The Bertz CT molecular complexity index is 1520. The average Bonchev–Trinajstić information content (AvgIpc) is 3.58. The molecule has 3 aromatic rings. The molecule has 9 nitrogen and oxygen atoms in total. The van der Waals surface area contributed by atoms with Crippen LogP contribution >= 0.6 is 34.5 Å². The van der Waals surface area contributed by atoms with E-state index in [0.29, 0.717) is 67.5 Å². The quantitative estimate of drug-likeness (QED) is 0.340. The van der Waals surface area contributed by atoms with E-state index in [4.69, 9.17) is 32.9 Å². The Morgan fingerprint density at radius 3 is 2.21 bits per heavy atom. The van der Waals surface area contributed by atoms with Gasteiger partial charge in [-0.05, 0) is 53.8 Å². The van der Waals surface area contributed by atoms with Crippen LogP contribution in [0.4, 0.5) is 4.79 Å². The third-order valence-corrected chi connectivity index (χ3v) is 9.39. The lowest BCUT2D eigenvalue weighted by Gasteiger charge is -2.39. The molecule has 0 bridgehead atoms. The molecule has 0 spiro atoms. The van der Waals surface area contributed by atoms with Gasteiger partial charge in [0.15, 0.2) is 5.84 Å². The van der Waals surface area contributed by atoms with Crippen LogP contribution in [0.1, 0.15) is 35.0 Å². The number of piperazine rings is 1. The molecule has 224 valence electrons. The Morgan fingerprint density at radius 1 is 1.00 bits per heavy atom. The largest absolute Gasteiger partial charge is 0.492 e. The number of carbonyl (C=O) groups is 1. The van der Waals surface area contributed by atoms with Crippen LogP contribution < -0.4 is 9.46 Å². The number of amides is 2. The van der Waals surface area contributed by atoms with Gasteiger partial charge in [-0.25, -0.2) is 17.9 Å². The summed E-state index contributed by atoms with van der Waals surface area (Å²) in [7, 11) is -3.25. The number of hydrogen-bond donors (Lipinski definition) is 1. The van der Waals surface area contributed by atoms with Crippen LogP contribution in [0.2, 0.25) is 10.0 Å². The molecule has 2 aliphatic rings. The van der Waals surface area contributed by atoms with Crippen molar-refractivity contribution in [1.82, 2.24) is 19.4 Å². The van der Waals surface area contributed by atoms with Crippen LogP contribution in [0.25, 0.3) is 0 Å². The molecule has 42 heavy (non-hydrogen) atoms. The number of carbonyl (C=O) groups excluding carboxylic acids is 1. The maximum Gasteiger partial charge on any atom is 0.326 e. The molecule has 1 fully saturated rings. The number of ether oxygens (including phenoxy) is 1. The first-order valence-electron chi connectivity index (χ1n) is 13.7. The van der Waals surface area contributed by atoms with Gasteiger partial charge in [0.25, 0.3) is 0 Å². The van der Waals surface area contributed by atoms with Crippen molar-refractivity contribution in [2.75, 3.05) is 52.1 Å². The van der Waals surface area contributed by atoms with Crippen LogP contribution in [-0.4, -0.2) is 87.1 Å². The normalized spacial score (nSPS) is 19.7. The third kappa shape index (κ3) is 7.10. The van der Waals surface area contributed by atoms with Crippen molar-refractivity contribution >= 4 is 56.4 Å². The first-order valence-corrected chi connectivity index (χ1v) is 17.2. The summed E-state index contributed by atoms with van der Waals surface area (Å²) in [6.07, 6.45) is 1.15. The van der Waals surface area contributed by atoms with E-state index in [1.165, 1.54) is 11.3 Å². The molecule has 2 amide bonds. The number of nitrogens with zero attached hydrogens (tertiary/aromatic N) is 4. The van der Waals surface area contributed by atoms with E-state index in [2.05, 4.69) is 9.62 Å². The monoisotopic (exact) mass is 649 g/mol. The minimum atomic E-state index is -3.25. The fourth-order valence-electron chi connectivity index (χ4n) is 5.26. The summed E-state index contributed by atoms with van der Waals surface area (Å²) in [5.74, 6) is 1.26. The Hall–Kier alpha value is -2.67. The summed E-state index contributed by atoms with van der Waals surface area (Å²) in [6, 6.07) is 16.1. The standard InChI is InChI=1S/C29H33Cl2N5O4S2/c1-3-40-24-12-19-41-27(24)28-33-25(20-4-8-22(30)9-5-20)26(21-6-10-23(31)11-7-21)36(28)29(37)35-17-15-34(16-18-35)14-13-32-42(2,38)39/h4-12,19,25-26,32H,3,13-18H2,1-2H3/t25-,26+/m0/s1. The highest BCUT2D eigenvalue weighted by Crippen LogP contribution is 2.46. The number of amidine groups is 1. The fraction of sp³-hybridized carbons (Fsp3) is 0.379. The smallest absolute Gasteiger partial charge is 0.326 e. The van der Waals surface area contributed by atoms with E-state index >= 15 is 0 Å². The second-order valence-corrected chi connectivity index (χ2v) is 13.8.